The van der Waals surface area contributed by atoms with E-state index in [1.54, 1.807) is 32.2 Å². The van der Waals surface area contributed by atoms with Crippen molar-refractivity contribution in [1.82, 2.24) is 4.90 Å². The summed E-state index contributed by atoms with van der Waals surface area (Å²) in [5.74, 6) is -0.547. The molecule has 98 valence electrons. The molecule has 18 heavy (non-hydrogen) atoms. The van der Waals surface area contributed by atoms with Crippen LogP contribution in [0.4, 0.5) is 5.69 Å². The van der Waals surface area contributed by atoms with Gasteiger partial charge < -0.3 is 15.4 Å². The molecule has 0 spiro atoms. The molecule has 0 fully saturated rings. The fourth-order valence-corrected chi connectivity index (χ4v) is 1.50. The summed E-state index contributed by atoms with van der Waals surface area (Å²) in [5, 5.41) is 0. The number of nitrogens with two attached hydrogens (primary N) is 1. The minimum absolute atomic E-state index is 0.0327. The van der Waals surface area contributed by atoms with Crippen LogP contribution in [0.25, 0.3) is 0 Å². The van der Waals surface area contributed by atoms with E-state index in [2.05, 4.69) is 0 Å². The van der Waals surface area contributed by atoms with Gasteiger partial charge in [-0.15, -0.1) is 0 Å². The number of benzene rings is 1. The number of carbonyl (C=O) groups excluding carboxylic acids is 2. The van der Waals surface area contributed by atoms with Crippen LogP contribution in [0.15, 0.2) is 24.3 Å². The van der Waals surface area contributed by atoms with Crippen molar-refractivity contribution in [2.75, 3.05) is 25.9 Å². The number of hydrogen-bond donors (Lipinski definition) is 1. The third-order valence-electron chi connectivity index (χ3n) is 2.40. The van der Waals surface area contributed by atoms with Crippen LogP contribution in [-0.4, -0.2) is 37.0 Å². The van der Waals surface area contributed by atoms with Crippen LogP contribution in [0.5, 0.6) is 0 Å². The molecule has 5 heteroatoms. The average Bonchev–Trinajstić information content (AvgIpc) is 2.29. The zero-order valence-corrected chi connectivity index (χ0v) is 10.7. The molecule has 1 amide bonds. The average molecular weight is 250 g/mol. The van der Waals surface area contributed by atoms with Crippen LogP contribution in [0.1, 0.15) is 12.5 Å². The van der Waals surface area contributed by atoms with Gasteiger partial charge in [0.25, 0.3) is 0 Å². The van der Waals surface area contributed by atoms with E-state index < -0.39 is 5.97 Å². The van der Waals surface area contributed by atoms with Crippen molar-refractivity contribution < 1.29 is 14.3 Å². The van der Waals surface area contributed by atoms with Gasteiger partial charge >= 0.3 is 5.97 Å². The molecule has 0 unspecified atom stereocenters. The standard InChI is InChI=1S/C13H18N2O3/c1-3-18-13(17)9-15(2)12(16)8-10-5-4-6-11(14)7-10/h4-7H,3,8-9,14H2,1-2H3. The van der Waals surface area contributed by atoms with E-state index in [1.165, 1.54) is 4.90 Å². The molecule has 0 atom stereocenters. The molecule has 1 aromatic carbocycles. The van der Waals surface area contributed by atoms with Gasteiger partial charge in [-0.25, -0.2) is 0 Å². The lowest BCUT2D eigenvalue weighted by molar-refractivity contribution is -0.147. The highest BCUT2D eigenvalue weighted by molar-refractivity contribution is 5.83. The van der Waals surface area contributed by atoms with Crippen molar-refractivity contribution in [2.24, 2.45) is 0 Å². The summed E-state index contributed by atoms with van der Waals surface area (Å²) < 4.78 is 4.78. The van der Waals surface area contributed by atoms with E-state index in [1.807, 2.05) is 6.07 Å². The first-order valence-corrected chi connectivity index (χ1v) is 5.77. The maximum atomic E-state index is 11.8. The second kappa shape index (κ2) is 6.64. The maximum Gasteiger partial charge on any atom is 0.325 e. The molecule has 0 heterocycles. The monoisotopic (exact) mass is 250 g/mol. The van der Waals surface area contributed by atoms with Gasteiger partial charge in [0, 0.05) is 12.7 Å². The molecule has 0 aromatic heterocycles. The van der Waals surface area contributed by atoms with E-state index in [4.69, 9.17) is 10.5 Å². The molecular weight excluding hydrogens is 232 g/mol. The van der Waals surface area contributed by atoms with Crippen molar-refractivity contribution in [3.63, 3.8) is 0 Å². The topological polar surface area (TPSA) is 72.6 Å². The molecule has 0 aliphatic heterocycles. The Morgan fingerprint density at radius 2 is 2.11 bits per heavy atom. The smallest absolute Gasteiger partial charge is 0.325 e. The highest BCUT2D eigenvalue weighted by Gasteiger charge is 2.13. The van der Waals surface area contributed by atoms with E-state index in [9.17, 15) is 9.59 Å². The van der Waals surface area contributed by atoms with Crippen molar-refractivity contribution in [2.45, 2.75) is 13.3 Å². The Morgan fingerprint density at radius 1 is 1.39 bits per heavy atom. The number of likely N-dealkylation sites (N-methyl/N-ethyl adjacent to an activating group) is 1. The highest BCUT2D eigenvalue weighted by Crippen LogP contribution is 2.08. The maximum absolute atomic E-state index is 11.8. The van der Waals surface area contributed by atoms with Gasteiger partial charge in [0.05, 0.1) is 13.0 Å². The van der Waals surface area contributed by atoms with Gasteiger partial charge in [-0.05, 0) is 24.6 Å². The molecule has 1 rings (SSSR count). The van der Waals surface area contributed by atoms with Gasteiger partial charge in [0.2, 0.25) is 5.91 Å². The summed E-state index contributed by atoms with van der Waals surface area (Å²) in [6.45, 7) is 2.01. The SMILES string of the molecule is CCOC(=O)CN(C)C(=O)Cc1cccc(N)c1. The molecule has 2 N–H and O–H groups in total. The zero-order chi connectivity index (χ0) is 13.5. The van der Waals surface area contributed by atoms with Gasteiger partial charge in [0.1, 0.15) is 6.54 Å². The van der Waals surface area contributed by atoms with Crippen molar-refractivity contribution >= 4 is 17.6 Å². The van der Waals surface area contributed by atoms with Crippen LogP contribution in [0.2, 0.25) is 0 Å². The zero-order valence-electron chi connectivity index (χ0n) is 10.7. The second-order valence-corrected chi connectivity index (χ2v) is 3.98. The first-order valence-electron chi connectivity index (χ1n) is 5.77. The largest absolute Gasteiger partial charge is 0.465 e. The van der Waals surface area contributed by atoms with Crippen molar-refractivity contribution in [3.8, 4) is 0 Å². The van der Waals surface area contributed by atoms with Gasteiger partial charge in [-0.3, -0.25) is 9.59 Å². The predicted molar refractivity (Wildman–Crippen MR) is 68.8 cm³/mol. The normalized spacial score (nSPS) is 9.89. The van der Waals surface area contributed by atoms with Gasteiger partial charge in [-0.1, -0.05) is 12.1 Å². The molecule has 0 aliphatic carbocycles. The minimum atomic E-state index is -0.402. The Labute approximate surface area is 107 Å². The van der Waals surface area contributed by atoms with Crippen molar-refractivity contribution in [3.05, 3.63) is 29.8 Å². The molecule has 1 aromatic rings. The van der Waals surface area contributed by atoms with E-state index >= 15 is 0 Å². The first-order chi connectivity index (χ1) is 8.52. The van der Waals surface area contributed by atoms with Gasteiger partial charge in [-0.2, -0.15) is 0 Å². The molecule has 5 nitrogen and oxygen atoms in total. The number of rotatable bonds is 5. The third kappa shape index (κ3) is 4.45. The van der Waals surface area contributed by atoms with Crippen LogP contribution >= 0.6 is 0 Å². The van der Waals surface area contributed by atoms with E-state index in [0.29, 0.717) is 12.3 Å². The Hall–Kier alpha value is -2.04. The molecular formula is C13H18N2O3. The Balaban J connectivity index is 2.52. The number of nitrogens with zero attached hydrogens (tertiary/aromatic N) is 1. The Kier molecular flexibility index (Phi) is 5.17. The summed E-state index contributed by atoms with van der Waals surface area (Å²) >= 11 is 0. The summed E-state index contributed by atoms with van der Waals surface area (Å²) in [7, 11) is 1.57. The lowest BCUT2D eigenvalue weighted by Gasteiger charge is -2.16. The Bertz CT molecular complexity index is 432. The molecule has 0 bridgehead atoms. The summed E-state index contributed by atoms with van der Waals surface area (Å²) in [5.41, 5.74) is 7.08. The van der Waals surface area contributed by atoms with E-state index in [0.717, 1.165) is 5.56 Å². The first kappa shape index (κ1) is 14.0. The third-order valence-corrected chi connectivity index (χ3v) is 2.40. The minimum Gasteiger partial charge on any atom is -0.465 e. The highest BCUT2D eigenvalue weighted by atomic mass is 16.5. The van der Waals surface area contributed by atoms with Crippen molar-refractivity contribution in [1.29, 1.82) is 0 Å². The van der Waals surface area contributed by atoms with Crippen LogP contribution in [0.3, 0.4) is 0 Å². The quantitative estimate of drug-likeness (QED) is 0.620. The van der Waals surface area contributed by atoms with E-state index in [-0.39, 0.29) is 18.9 Å². The number of carbonyl (C=O) groups is 2. The molecule has 0 saturated carbocycles. The summed E-state index contributed by atoms with van der Waals surface area (Å²) in [6.07, 6.45) is 0.223. The predicted octanol–water partition coefficient (Wildman–Crippen LogP) is 0.833. The van der Waals surface area contributed by atoms with Crippen LogP contribution in [-0.2, 0) is 20.7 Å². The number of esters is 1. The number of amides is 1. The fourth-order valence-electron chi connectivity index (χ4n) is 1.50. The lowest BCUT2D eigenvalue weighted by atomic mass is 10.1. The Morgan fingerprint density at radius 3 is 2.72 bits per heavy atom. The fraction of sp³-hybridized carbons (Fsp3) is 0.385. The number of nitrogen functional groups attached to an aromatic ring is 1. The summed E-state index contributed by atoms with van der Waals surface area (Å²) in [6, 6.07) is 7.13. The summed E-state index contributed by atoms with van der Waals surface area (Å²) in [4.78, 5) is 24.4. The number of ether oxygens (including phenoxy) is 1. The molecule has 0 saturated heterocycles. The van der Waals surface area contributed by atoms with Crippen LogP contribution in [0, 0.1) is 0 Å². The number of anilines is 1. The lowest BCUT2D eigenvalue weighted by Crippen LogP contribution is -2.34. The van der Waals surface area contributed by atoms with Crippen LogP contribution < -0.4 is 5.73 Å². The second-order valence-electron chi connectivity index (χ2n) is 3.98. The molecule has 0 aliphatic rings. The molecule has 0 radical (unpaired) electrons. The number of hydrogen-bond acceptors (Lipinski definition) is 4. The van der Waals surface area contributed by atoms with Gasteiger partial charge in [0.15, 0.2) is 0 Å².